The molecule has 0 radical (unpaired) electrons. The molecule has 1 aromatic heterocycles. The van der Waals surface area contributed by atoms with Gasteiger partial charge in [-0.05, 0) is 24.6 Å². The number of H-pyrrole nitrogens is 1. The minimum Gasteiger partial charge on any atom is -0.487 e. The van der Waals surface area contributed by atoms with Crippen LogP contribution in [-0.4, -0.2) is 31.1 Å². The van der Waals surface area contributed by atoms with Crippen molar-refractivity contribution >= 4 is 22.5 Å². The highest BCUT2D eigenvalue weighted by molar-refractivity contribution is 6.31. The normalized spacial score (nSPS) is 15.5. The summed E-state index contributed by atoms with van der Waals surface area (Å²) in [6.45, 7) is 3.41. The van der Waals surface area contributed by atoms with Crippen LogP contribution in [0.2, 0.25) is 5.02 Å². The molecular weight excluding hydrogens is 306 g/mol. The van der Waals surface area contributed by atoms with E-state index in [4.69, 9.17) is 25.8 Å². The number of fused-ring (bicyclic) bond motifs is 1. The third-order valence-electron chi connectivity index (χ3n) is 3.58. The Kier molecular flexibility index (Phi) is 4.66. The van der Waals surface area contributed by atoms with E-state index in [0.29, 0.717) is 41.5 Å². The predicted octanol–water partition coefficient (Wildman–Crippen LogP) is 2.89. The van der Waals surface area contributed by atoms with Gasteiger partial charge in [0.2, 0.25) is 0 Å². The monoisotopic (exact) mass is 323 g/mol. The number of hydrogen-bond acceptors (Lipinski definition) is 4. The average molecular weight is 324 g/mol. The molecule has 0 aliphatic carbocycles. The maximum atomic E-state index is 12.3. The summed E-state index contributed by atoms with van der Waals surface area (Å²) < 4.78 is 16.7. The van der Waals surface area contributed by atoms with Crippen LogP contribution in [0, 0.1) is 0 Å². The summed E-state index contributed by atoms with van der Waals surface area (Å²) in [6.07, 6.45) is 1.10. The van der Waals surface area contributed by atoms with Crippen molar-refractivity contribution in [1.82, 2.24) is 4.98 Å². The predicted molar refractivity (Wildman–Crippen MR) is 84.8 cm³/mol. The summed E-state index contributed by atoms with van der Waals surface area (Å²) in [7, 11) is 0. The van der Waals surface area contributed by atoms with E-state index < -0.39 is 0 Å². The van der Waals surface area contributed by atoms with Crippen LogP contribution in [0.25, 0.3) is 10.9 Å². The summed E-state index contributed by atoms with van der Waals surface area (Å²) in [5.41, 5.74) is 1.22. The molecule has 1 aliphatic heterocycles. The molecule has 0 amide bonds. The molecule has 0 bridgehead atoms. The van der Waals surface area contributed by atoms with E-state index in [0.717, 1.165) is 11.8 Å². The highest BCUT2D eigenvalue weighted by Crippen LogP contribution is 2.30. The van der Waals surface area contributed by atoms with Crippen LogP contribution < -0.4 is 10.3 Å². The molecule has 22 heavy (non-hydrogen) atoms. The number of nitrogens with one attached hydrogen (secondary N) is 1. The van der Waals surface area contributed by atoms with Crippen LogP contribution in [0.5, 0.6) is 5.75 Å². The van der Waals surface area contributed by atoms with E-state index in [1.807, 2.05) is 6.92 Å². The highest BCUT2D eigenvalue weighted by Gasteiger charge is 2.19. The number of aromatic nitrogens is 1. The van der Waals surface area contributed by atoms with Gasteiger partial charge in [-0.1, -0.05) is 24.9 Å². The first-order chi connectivity index (χ1) is 10.7. The topological polar surface area (TPSA) is 60.6 Å². The lowest BCUT2D eigenvalue weighted by Gasteiger charge is -2.16. The first-order valence-electron chi connectivity index (χ1n) is 7.39. The number of pyridine rings is 1. The number of rotatable bonds is 5. The SMILES string of the molecule is CCCc1c(OCC2OCCO2)c2cc(Cl)ccc2[nH]c1=O. The van der Waals surface area contributed by atoms with Crippen molar-refractivity contribution in [2.75, 3.05) is 19.8 Å². The van der Waals surface area contributed by atoms with Gasteiger partial charge in [0.05, 0.1) is 24.3 Å². The molecule has 1 fully saturated rings. The molecule has 0 saturated carbocycles. The Labute approximate surface area is 133 Å². The van der Waals surface area contributed by atoms with Gasteiger partial charge < -0.3 is 19.2 Å². The molecule has 5 nitrogen and oxygen atoms in total. The lowest BCUT2D eigenvalue weighted by atomic mass is 10.1. The highest BCUT2D eigenvalue weighted by atomic mass is 35.5. The van der Waals surface area contributed by atoms with E-state index in [2.05, 4.69) is 4.98 Å². The second-order valence-corrected chi connectivity index (χ2v) is 5.62. The van der Waals surface area contributed by atoms with Crippen LogP contribution in [0.1, 0.15) is 18.9 Å². The van der Waals surface area contributed by atoms with Crippen LogP contribution >= 0.6 is 11.6 Å². The fraction of sp³-hybridized carbons (Fsp3) is 0.438. The molecular formula is C16H18ClNO4. The largest absolute Gasteiger partial charge is 0.487 e. The van der Waals surface area contributed by atoms with Crippen molar-refractivity contribution < 1.29 is 14.2 Å². The number of benzene rings is 1. The van der Waals surface area contributed by atoms with Crippen LogP contribution in [0.3, 0.4) is 0 Å². The second kappa shape index (κ2) is 6.69. The number of ether oxygens (including phenoxy) is 3. The van der Waals surface area contributed by atoms with Crippen molar-refractivity contribution in [3.05, 3.63) is 39.1 Å². The first-order valence-corrected chi connectivity index (χ1v) is 7.77. The first kappa shape index (κ1) is 15.3. The molecule has 0 atom stereocenters. The van der Waals surface area contributed by atoms with Gasteiger partial charge in [0.25, 0.3) is 5.56 Å². The number of aromatic amines is 1. The summed E-state index contributed by atoms with van der Waals surface area (Å²) in [4.78, 5) is 15.2. The van der Waals surface area contributed by atoms with E-state index >= 15 is 0 Å². The Bertz CT molecular complexity index is 722. The molecule has 1 aromatic carbocycles. The molecule has 1 saturated heterocycles. The maximum Gasteiger partial charge on any atom is 0.255 e. The zero-order valence-corrected chi connectivity index (χ0v) is 13.1. The lowest BCUT2D eigenvalue weighted by Crippen LogP contribution is -2.21. The van der Waals surface area contributed by atoms with Gasteiger partial charge in [-0.15, -0.1) is 0 Å². The molecule has 2 heterocycles. The van der Waals surface area contributed by atoms with E-state index in [1.54, 1.807) is 18.2 Å². The smallest absolute Gasteiger partial charge is 0.255 e. The lowest BCUT2D eigenvalue weighted by molar-refractivity contribution is -0.0683. The minimum absolute atomic E-state index is 0.125. The van der Waals surface area contributed by atoms with Crippen LogP contribution in [0.4, 0.5) is 0 Å². The van der Waals surface area contributed by atoms with Gasteiger partial charge in [-0.25, -0.2) is 0 Å². The van der Waals surface area contributed by atoms with Gasteiger partial charge in [-0.3, -0.25) is 4.79 Å². The van der Waals surface area contributed by atoms with Crippen molar-refractivity contribution in [1.29, 1.82) is 0 Å². The molecule has 0 spiro atoms. The fourth-order valence-electron chi connectivity index (χ4n) is 2.57. The third kappa shape index (κ3) is 3.11. The molecule has 6 heteroatoms. The Hall–Kier alpha value is -1.56. The van der Waals surface area contributed by atoms with E-state index in [9.17, 15) is 4.79 Å². The van der Waals surface area contributed by atoms with Crippen molar-refractivity contribution in [2.24, 2.45) is 0 Å². The second-order valence-electron chi connectivity index (χ2n) is 5.18. The molecule has 1 aliphatic rings. The zero-order valence-electron chi connectivity index (χ0n) is 12.4. The van der Waals surface area contributed by atoms with Gasteiger partial charge >= 0.3 is 0 Å². The summed E-state index contributed by atoms with van der Waals surface area (Å²) in [6, 6.07) is 5.33. The van der Waals surface area contributed by atoms with Crippen LogP contribution in [0.15, 0.2) is 23.0 Å². The molecule has 2 aromatic rings. The fourth-order valence-corrected chi connectivity index (χ4v) is 2.75. The van der Waals surface area contributed by atoms with Crippen molar-refractivity contribution in [3.63, 3.8) is 0 Å². The number of halogens is 1. The van der Waals surface area contributed by atoms with E-state index in [-0.39, 0.29) is 18.5 Å². The van der Waals surface area contributed by atoms with Gasteiger partial charge in [0, 0.05) is 10.4 Å². The summed E-state index contributed by atoms with van der Waals surface area (Å²) in [5.74, 6) is 0.571. The molecule has 1 N–H and O–H groups in total. The quantitative estimate of drug-likeness (QED) is 0.919. The molecule has 0 unspecified atom stereocenters. The third-order valence-corrected chi connectivity index (χ3v) is 3.81. The maximum absolute atomic E-state index is 12.3. The van der Waals surface area contributed by atoms with Crippen molar-refractivity contribution in [2.45, 2.75) is 26.1 Å². The Morgan fingerprint density at radius 2 is 2.14 bits per heavy atom. The van der Waals surface area contributed by atoms with Gasteiger partial charge in [0.15, 0.2) is 6.29 Å². The van der Waals surface area contributed by atoms with Gasteiger partial charge in [0.1, 0.15) is 12.4 Å². The molecule has 118 valence electrons. The Morgan fingerprint density at radius 3 is 2.86 bits per heavy atom. The summed E-state index contributed by atoms with van der Waals surface area (Å²) >= 11 is 6.09. The van der Waals surface area contributed by atoms with E-state index in [1.165, 1.54) is 0 Å². The Balaban J connectivity index is 2.03. The standard InChI is InChI=1S/C16H18ClNO4/c1-2-3-11-15(22-9-14-20-6-7-21-14)12-8-10(17)4-5-13(12)18-16(11)19/h4-5,8,14H,2-3,6-7,9H2,1H3,(H,18,19). The van der Waals surface area contributed by atoms with Crippen molar-refractivity contribution in [3.8, 4) is 5.75 Å². The molecule has 3 rings (SSSR count). The minimum atomic E-state index is -0.386. The van der Waals surface area contributed by atoms with Crippen LogP contribution in [-0.2, 0) is 15.9 Å². The Morgan fingerprint density at radius 1 is 1.36 bits per heavy atom. The zero-order chi connectivity index (χ0) is 15.5. The van der Waals surface area contributed by atoms with Gasteiger partial charge in [-0.2, -0.15) is 0 Å². The number of hydrogen-bond donors (Lipinski definition) is 1. The average Bonchev–Trinajstić information content (AvgIpc) is 3.01. The summed E-state index contributed by atoms with van der Waals surface area (Å²) in [5, 5.41) is 1.40.